The van der Waals surface area contributed by atoms with Gasteiger partial charge in [0, 0.05) is 0 Å². The average molecular weight is 450 g/mol. The third-order valence-electron chi connectivity index (χ3n) is 4.70. The van der Waals surface area contributed by atoms with Crippen LogP contribution in [0, 0.1) is 11.6 Å². The molecule has 0 radical (unpaired) electrons. The quantitative estimate of drug-likeness (QED) is 0.356. The topological polar surface area (TPSA) is 58.6 Å². The summed E-state index contributed by atoms with van der Waals surface area (Å²) < 4.78 is 32.9. The minimum Gasteiger partial charge on any atom is -0.489 e. The van der Waals surface area contributed by atoms with Gasteiger partial charge < -0.3 is 4.74 Å². The van der Waals surface area contributed by atoms with E-state index in [1.807, 2.05) is 0 Å². The summed E-state index contributed by atoms with van der Waals surface area (Å²) in [5.41, 5.74) is 1.16. The first-order chi connectivity index (χ1) is 15.4. The highest BCUT2D eigenvalue weighted by Crippen LogP contribution is 2.25. The lowest BCUT2D eigenvalue weighted by Gasteiger charge is -2.29. The Morgan fingerprint density at radius 3 is 2.31 bits per heavy atom. The molecule has 0 spiro atoms. The third-order valence-corrected chi connectivity index (χ3v) is 4.99. The van der Waals surface area contributed by atoms with E-state index in [1.165, 1.54) is 36.4 Å². The van der Waals surface area contributed by atoms with E-state index in [0.717, 1.165) is 10.5 Å². The van der Waals surface area contributed by atoms with Gasteiger partial charge in [0.2, 0.25) is 0 Å². The lowest BCUT2D eigenvalue weighted by Crippen LogP contribution is -2.54. The zero-order chi connectivity index (χ0) is 22.7. The number of carbonyl (C=O) groups is 2. The number of carbonyl (C=O) groups excluding carboxylic acids is 2. The number of nitrogens with zero attached hydrogens (tertiary/aromatic N) is 1. The van der Waals surface area contributed by atoms with E-state index in [-0.39, 0.29) is 28.8 Å². The Kier molecular flexibility index (Phi) is 6.04. The van der Waals surface area contributed by atoms with E-state index in [9.17, 15) is 18.4 Å². The lowest BCUT2D eigenvalue weighted by molar-refractivity contribution is -0.122. The van der Waals surface area contributed by atoms with Gasteiger partial charge in [0.15, 0.2) is 5.11 Å². The first-order valence-electron chi connectivity index (χ1n) is 9.55. The fourth-order valence-corrected chi connectivity index (χ4v) is 3.36. The predicted octanol–water partition coefficient (Wildman–Crippen LogP) is 4.38. The van der Waals surface area contributed by atoms with Crippen LogP contribution in [0.15, 0.2) is 78.4 Å². The van der Waals surface area contributed by atoms with E-state index >= 15 is 0 Å². The molecule has 8 heteroatoms. The monoisotopic (exact) mass is 450 g/mol. The molecule has 3 aromatic carbocycles. The zero-order valence-corrected chi connectivity index (χ0v) is 17.4. The molecule has 1 saturated heterocycles. The van der Waals surface area contributed by atoms with Gasteiger partial charge in [-0.05, 0) is 65.8 Å². The summed E-state index contributed by atoms with van der Waals surface area (Å²) in [7, 11) is 0. The second kappa shape index (κ2) is 9.07. The largest absolute Gasteiger partial charge is 0.489 e. The van der Waals surface area contributed by atoms with Crippen molar-refractivity contribution in [2.24, 2.45) is 0 Å². The fraction of sp³-hybridized carbons (Fsp3) is 0.0417. The van der Waals surface area contributed by atoms with Crippen molar-refractivity contribution in [3.05, 3.63) is 101 Å². The molecule has 0 aromatic heterocycles. The standard InChI is InChI=1S/C24H16F2N2O3S/c25-17-9-5-16(6-10-17)14-31-18-11-7-15(8-12-18)13-19-22(29)27-24(32)28(23(19)30)21-4-2-1-3-20(21)26/h1-13H,14H2,(H,27,29,32)/b19-13+. The van der Waals surface area contributed by atoms with Crippen molar-refractivity contribution in [1.82, 2.24) is 5.32 Å². The number of para-hydroxylation sites is 1. The molecule has 0 bridgehead atoms. The minimum atomic E-state index is -0.722. The van der Waals surface area contributed by atoms with E-state index in [4.69, 9.17) is 17.0 Å². The number of thiocarbonyl (C=S) groups is 1. The molecule has 4 rings (SSSR count). The molecule has 0 unspecified atom stereocenters. The minimum absolute atomic E-state index is 0.0436. The van der Waals surface area contributed by atoms with Crippen molar-refractivity contribution in [3.8, 4) is 5.75 Å². The summed E-state index contributed by atoms with van der Waals surface area (Å²) in [6.45, 7) is 0.261. The molecule has 0 saturated carbocycles. The Labute approximate surface area is 187 Å². The van der Waals surface area contributed by atoms with E-state index < -0.39 is 17.6 Å². The van der Waals surface area contributed by atoms with Crippen LogP contribution >= 0.6 is 12.2 Å². The third kappa shape index (κ3) is 4.55. The van der Waals surface area contributed by atoms with Crippen LogP contribution < -0.4 is 15.0 Å². The first kappa shape index (κ1) is 21.3. The van der Waals surface area contributed by atoms with Crippen molar-refractivity contribution >= 4 is 40.9 Å². The van der Waals surface area contributed by atoms with Crippen LogP contribution in [0.1, 0.15) is 11.1 Å². The molecule has 1 fully saturated rings. The van der Waals surface area contributed by atoms with Crippen LogP contribution in [0.25, 0.3) is 6.08 Å². The fourth-order valence-electron chi connectivity index (χ4n) is 3.08. The summed E-state index contributed by atoms with van der Waals surface area (Å²) >= 11 is 5.08. The molecule has 32 heavy (non-hydrogen) atoms. The van der Waals surface area contributed by atoms with Gasteiger partial charge in [-0.25, -0.2) is 13.7 Å². The highest BCUT2D eigenvalue weighted by molar-refractivity contribution is 7.80. The van der Waals surface area contributed by atoms with Crippen LogP contribution in [0.3, 0.4) is 0 Å². The van der Waals surface area contributed by atoms with Gasteiger partial charge in [-0.1, -0.05) is 36.4 Å². The van der Waals surface area contributed by atoms with Gasteiger partial charge in [0.05, 0.1) is 5.69 Å². The van der Waals surface area contributed by atoms with Crippen LogP contribution in [0.5, 0.6) is 5.75 Å². The Morgan fingerprint density at radius 2 is 1.62 bits per heavy atom. The number of rotatable bonds is 5. The SMILES string of the molecule is O=C1NC(=S)N(c2ccccc2F)C(=O)/C1=C/c1ccc(OCc2ccc(F)cc2)cc1. The van der Waals surface area contributed by atoms with Crippen molar-refractivity contribution < 1.29 is 23.1 Å². The Hall–Kier alpha value is -3.91. The van der Waals surface area contributed by atoms with Crippen molar-refractivity contribution in [1.29, 1.82) is 0 Å². The summed E-state index contributed by atoms with van der Waals surface area (Å²) in [5, 5.41) is 2.23. The molecule has 0 aliphatic carbocycles. The second-order valence-electron chi connectivity index (χ2n) is 6.89. The van der Waals surface area contributed by atoms with Crippen LogP contribution in [0.2, 0.25) is 0 Å². The molecule has 2 amide bonds. The smallest absolute Gasteiger partial charge is 0.270 e. The van der Waals surface area contributed by atoms with E-state index in [2.05, 4.69) is 5.32 Å². The zero-order valence-electron chi connectivity index (χ0n) is 16.5. The second-order valence-corrected chi connectivity index (χ2v) is 7.28. The van der Waals surface area contributed by atoms with Crippen molar-refractivity contribution in [2.75, 3.05) is 4.90 Å². The van der Waals surface area contributed by atoms with Gasteiger partial charge in [-0.15, -0.1) is 0 Å². The summed E-state index contributed by atoms with van der Waals surface area (Å²) in [5.74, 6) is -1.78. The number of halogens is 2. The lowest BCUT2D eigenvalue weighted by atomic mass is 10.1. The van der Waals surface area contributed by atoms with Gasteiger partial charge in [0.1, 0.15) is 29.6 Å². The van der Waals surface area contributed by atoms with Gasteiger partial charge in [0.25, 0.3) is 11.8 Å². The maximum absolute atomic E-state index is 14.2. The molecule has 3 aromatic rings. The Balaban J connectivity index is 1.52. The Morgan fingerprint density at radius 1 is 0.938 bits per heavy atom. The number of hydrogen-bond acceptors (Lipinski definition) is 4. The number of amides is 2. The first-order valence-corrected chi connectivity index (χ1v) is 9.96. The van der Waals surface area contributed by atoms with Gasteiger partial charge in [-0.3, -0.25) is 14.9 Å². The molecule has 1 aliphatic heterocycles. The predicted molar refractivity (Wildman–Crippen MR) is 120 cm³/mol. The molecule has 0 atom stereocenters. The van der Waals surface area contributed by atoms with Crippen molar-refractivity contribution in [2.45, 2.75) is 6.61 Å². The molecule has 1 heterocycles. The summed E-state index contributed by atoms with van der Waals surface area (Å²) in [6, 6.07) is 18.4. The van der Waals surface area contributed by atoms with Gasteiger partial charge in [-0.2, -0.15) is 0 Å². The highest BCUT2D eigenvalue weighted by Gasteiger charge is 2.35. The summed E-state index contributed by atoms with van der Waals surface area (Å²) in [6.07, 6.45) is 1.40. The number of anilines is 1. The maximum atomic E-state index is 14.2. The maximum Gasteiger partial charge on any atom is 0.270 e. The normalized spacial score (nSPS) is 15.1. The number of hydrogen-bond donors (Lipinski definition) is 1. The average Bonchev–Trinajstić information content (AvgIpc) is 2.78. The summed E-state index contributed by atoms with van der Waals surface area (Å²) in [4.78, 5) is 26.3. The van der Waals surface area contributed by atoms with Crippen molar-refractivity contribution in [3.63, 3.8) is 0 Å². The Bertz CT molecular complexity index is 1220. The van der Waals surface area contributed by atoms with Gasteiger partial charge >= 0.3 is 0 Å². The van der Waals surface area contributed by atoms with Crippen LogP contribution in [-0.2, 0) is 16.2 Å². The molecule has 160 valence electrons. The van der Waals surface area contributed by atoms with Crippen LogP contribution in [0.4, 0.5) is 14.5 Å². The number of benzene rings is 3. The number of ether oxygens (including phenoxy) is 1. The van der Waals surface area contributed by atoms with E-state index in [0.29, 0.717) is 11.3 Å². The molecule has 1 N–H and O–H groups in total. The molecular weight excluding hydrogens is 434 g/mol. The number of nitrogens with one attached hydrogen (secondary N) is 1. The van der Waals surface area contributed by atoms with Crippen LogP contribution in [-0.4, -0.2) is 16.9 Å². The molecule has 5 nitrogen and oxygen atoms in total. The molecule has 1 aliphatic rings. The molecular formula is C24H16F2N2O3S. The van der Waals surface area contributed by atoms with E-state index in [1.54, 1.807) is 42.5 Å². The highest BCUT2D eigenvalue weighted by atomic mass is 32.1.